The Morgan fingerprint density at radius 3 is 2.94 bits per heavy atom. The molecule has 1 aliphatic carbocycles. The molecule has 0 aromatic carbocycles. The Hall–Kier alpha value is -1.11. The van der Waals surface area contributed by atoms with Gasteiger partial charge in [0.15, 0.2) is 0 Å². The zero-order valence-electron chi connectivity index (χ0n) is 9.74. The van der Waals surface area contributed by atoms with Crippen LogP contribution in [0.2, 0.25) is 0 Å². The molecular formula is C10H16N4O2S. The number of hydrogen-bond acceptors (Lipinski definition) is 5. The van der Waals surface area contributed by atoms with Crippen molar-refractivity contribution < 1.29 is 9.90 Å². The van der Waals surface area contributed by atoms with Crippen molar-refractivity contribution in [2.75, 3.05) is 0 Å². The van der Waals surface area contributed by atoms with Crippen molar-refractivity contribution in [3.8, 4) is 0 Å². The molecule has 94 valence electrons. The van der Waals surface area contributed by atoms with Crippen molar-refractivity contribution in [2.24, 2.45) is 0 Å². The molecule has 1 aliphatic rings. The molecule has 0 bridgehead atoms. The molecule has 17 heavy (non-hydrogen) atoms. The highest BCUT2D eigenvalue weighted by Crippen LogP contribution is 2.32. The Bertz CT molecular complexity index is 389. The predicted molar refractivity (Wildman–Crippen MR) is 62.9 cm³/mol. The molecule has 0 radical (unpaired) electrons. The minimum absolute atomic E-state index is 0.0151. The number of aliphatic carboxylic acids is 1. The zero-order chi connectivity index (χ0) is 12.3. The first-order valence-corrected chi connectivity index (χ1v) is 6.71. The molecule has 1 unspecified atom stereocenters. The van der Waals surface area contributed by atoms with Crippen molar-refractivity contribution in [1.29, 1.82) is 0 Å². The molecule has 7 heteroatoms. The van der Waals surface area contributed by atoms with Crippen molar-refractivity contribution in [2.45, 2.75) is 55.5 Å². The summed E-state index contributed by atoms with van der Waals surface area (Å²) in [5.41, 5.74) is 0. The quantitative estimate of drug-likeness (QED) is 0.808. The Balaban J connectivity index is 2.00. The van der Waals surface area contributed by atoms with Crippen LogP contribution < -0.4 is 0 Å². The molecule has 1 atom stereocenters. The molecule has 0 aliphatic heterocycles. The third-order valence-corrected chi connectivity index (χ3v) is 3.95. The summed E-state index contributed by atoms with van der Waals surface area (Å²) in [4.78, 5) is 10.6. The van der Waals surface area contributed by atoms with Crippen LogP contribution in [0.1, 0.15) is 45.1 Å². The standard InChI is InChI=1S/C10H16N4O2S/c1-7(6-9(15)16)17-10-11-12-13-14(10)8-4-2-3-5-8/h7-8H,2-6H2,1H3,(H,15,16). The van der Waals surface area contributed by atoms with Gasteiger partial charge in [0.1, 0.15) is 0 Å². The lowest BCUT2D eigenvalue weighted by molar-refractivity contribution is -0.136. The average Bonchev–Trinajstić information content (AvgIpc) is 2.84. The summed E-state index contributed by atoms with van der Waals surface area (Å²) in [6.07, 6.45) is 4.80. The second-order valence-corrected chi connectivity index (χ2v) is 5.78. The van der Waals surface area contributed by atoms with Crippen LogP contribution in [-0.2, 0) is 4.79 Å². The lowest BCUT2D eigenvalue weighted by Crippen LogP contribution is -2.11. The Labute approximate surface area is 104 Å². The van der Waals surface area contributed by atoms with Gasteiger partial charge in [-0.2, -0.15) is 0 Å². The van der Waals surface area contributed by atoms with E-state index in [4.69, 9.17) is 5.11 Å². The lowest BCUT2D eigenvalue weighted by atomic mass is 10.3. The minimum Gasteiger partial charge on any atom is -0.481 e. The molecule has 6 nitrogen and oxygen atoms in total. The number of carbonyl (C=O) groups is 1. The summed E-state index contributed by atoms with van der Waals surface area (Å²) >= 11 is 1.44. The normalized spacial score (nSPS) is 18.4. The van der Waals surface area contributed by atoms with Gasteiger partial charge in [-0.05, 0) is 23.3 Å². The topological polar surface area (TPSA) is 80.9 Å². The van der Waals surface area contributed by atoms with Crippen molar-refractivity contribution in [3.63, 3.8) is 0 Å². The molecule has 0 spiro atoms. The van der Waals surface area contributed by atoms with Crippen LogP contribution >= 0.6 is 11.8 Å². The van der Waals surface area contributed by atoms with Crippen LogP contribution in [-0.4, -0.2) is 36.5 Å². The van der Waals surface area contributed by atoms with Crippen LogP contribution in [0.15, 0.2) is 5.16 Å². The lowest BCUT2D eigenvalue weighted by Gasteiger charge is -2.12. The van der Waals surface area contributed by atoms with Gasteiger partial charge in [-0.15, -0.1) is 5.10 Å². The van der Waals surface area contributed by atoms with Crippen molar-refractivity contribution in [1.82, 2.24) is 20.2 Å². The van der Waals surface area contributed by atoms with E-state index in [9.17, 15) is 4.79 Å². The third-order valence-electron chi connectivity index (χ3n) is 2.90. The van der Waals surface area contributed by atoms with Gasteiger partial charge in [0.05, 0.1) is 12.5 Å². The van der Waals surface area contributed by atoms with Gasteiger partial charge in [0.2, 0.25) is 5.16 Å². The average molecular weight is 256 g/mol. The molecule has 1 aromatic rings. The summed E-state index contributed by atoms with van der Waals surface area (Å²) in [5, 5.41) is 21.1. The monoisotopic (exact) mass is 256 g/mol. The van der Waals surface area contributed by atoms with Crippen LogP contribution in [0.4, 0.5) is 0 Å². The first-order valence-electron chi connectivity index (χ1n) is 5.83. The van der Waals surface area contributed by atoms with Crippen LogP contribution in [0, 0.1) is 0 Å². The highest BCUT2D eigenvalue weighted by Gasteiger charge is 2.23. The summed E-state index contributed by atoms with van der Waals surface area (Å²) in [6, 6.07) is 0.393. The number of rotatable bonds is 5. The van der Waals surface area contributed by atoms with Gasteiger partial charge in [0.25, 0.3) is 0 Å². The molecule has 1 heterocycles. The van der Waals surface area contributed by atoms with Gasteiger partial charge in [-0.1, -0.05) is 31.5 Å². The maximum Gasteiger partial charge on any atom is 0.304 e. The van der Waals surface area contributed by atoms with Gasteiger partial charge in [0, 0.05) is 5.25 Å². The number of nitrogens with zero attached hydrogens (tertiary/aromatic N) is 4. The third kappa shape index (κ3) is 3.18. The van der Waals surface area contributed by atoms with Crippen LogP contribution in [0.3, 0.4) is 0 Å². The predicted octanol–water partition coefficient (Wildman–Crippen LogP) is 1.74. The van der Waals surface area contributed by atoms with Gasteiger partial charge >= 0.3 is 5.97 Å². The number of carboxylic acid groups (broad SMARTS) is 1. The first kappa shape index (κ1) is 12.3. The summed E-state index contributed by atoms with van der Waals surface area (Å²) in [6.45, 7) is 1.88. The van der Waals surface area contributed by atoms with E-state index in [-0.39, 0.29) is 11.7 Å². The Morgan fingerprint density at radius 2 is 2.29 bits per heavy atom. The molecule has 0 amide bonds. The van der Waals surface area contributed by atoms with E-state index in [2.05, 4.69) is 15.5 Å². The summed E-state index contributed by atoms with van der Waals surface area (Å²) in [7, 11) is 0. The zero-order valence-corrected chi connectivity index (χ0v) is 10.6. The summed E-state index contributed by atoms with van der Waals surface area (Å²) in [5.74, 6) is -0.787. The van der Waals surface area contributed by atoms with Crippen molar-refractivity contribution in [3.05, 3.63) is 0 Å². The van der Waals surface area contributed by atoms with Gasteiger partial charge in [-0.3, -0.25) is 4.79 Å². The number of tetrazole rings is 1. The molecule has 1 fully saturated rings. The van der Waals surface area contributed by atoms with E-state index in [0.29, 0.717) is 6.04 Å². The fourth-order valence-corrected chi connectivity index (χ4v) is 3.07. The van der Waals surface area contributed by atoms with E-state index in [1.165, 1.54) is 24.6 Å². The summed E-state index contributed by atoms with van der Waals surface area (Å²) < 4.78 is 1.86. The largest absolute Gasteiger partial charge is 0.481 e. The van der Waals surface area contributed by atoms with Crippen LogP contribution in [0.25, 0.3) is 0 Å². The van der Waals surface area contributed by atoms with E-state index < -0.39 is 5.97 Å². The molecule has 1 N–H and O–H groups in total. The Morgan fingerprint density at radius 1 is 1.59 bits per heavy atom. The van der Waals surface area contributed by atoms with Gasteiger partial charge < -0.3 is 5.11 Å². The molecule has 1 saturated carbocycles. The highest BCUT2D eigenvalue weighted by atomic mass is 32.2. The van der Waals surface area contributed by atoms with E-state index in [0.717, 1.165) is 18.0 Å². The van der Waals surface area contributed by atoms with E-state index in [1.807, 2.05) is 11.6 Å². The molecule has 0 saturated heterocycles. The second-order valence-electron chi connectivity index (χ2n) is 4.37. The number of aromatic nitrogens is 4. The number of carboxylic acids is 1. The number of thioether (sulfide) groups is 1. The van der Waals surface area contributed by atoms with Gasteiger partial charge in [-0.25, -0.2) is 4.68 Å². The smallest absolute Gasteiger partial charge is 0.304 e. The first-order chi connectivity index (χ1) is 8.16. The SMILES string of the molecule is CC(CC(=O)O)Sc1nnnn1C1CCCC1. The van der Waals surface area contributed by atoms with E-state index in [1.54, 1.807) is 0 Å². The second kappa shape index (κ2) is 5.48. The van der Waals surface area contributed by atoms with Crippen LogP contribution in [0.5, 0.6) is 0 Å². The minimum atomic E-state index is -0.787. The number of hydrogen-bond donors (Lipinski definition) is 1. The highest BCUT2D eigenvalue weighted by molar-refractivity contribution is 7.99. The Kier molecular flexibility index (Phi) is 3.98. The maximum absolute atomic E-state index is 10.6. The molecule has 2 rings (SSSR count). The fourth-order valence-electron chi connectivity index (χ4n) is 2.11. The van der Waals surface area contributed by atoms with E-state index >= 15 is 0 Å². The van der Waals surface area contributed by atoms with Crippen molar-refractivity contribution >= 4 is 17.7 Å². The molecule has 1 aromatic heterocycles. The maximum atomic E-state index is 10.6. The fraction of sp³-hybridized carbons (Fsp3) is 0.800. The molecular weight excluding hydrogens is 240 g/mol.